The van der Waals surface area contributed by atoms with E-state index < -0.39 is 8.15 Å². The van der Waals surface area contributed by atoms with Gasteiger partial charge in [0.2, 0.25) is 29.5 Å². The van der Waals surface area contributed by atoms with E-state index in [4.69, 9.17) is 4.52 Å². The molecule has 0 heterocycles. The first-order valence-electron chi connectivity index (χ1n) is 9.93. The fourth-order valence-corrected chi connectivity index (χ4v) is 2.65. The molecule has 12 heteroatoms. The number of rotatable bonds is 12. The average molecular weight is 464 g/mol. The molecule has 0 bridgehead atoms. The van der Waals surface area contributed by atoms with Crippen LogP contribution >= 0.6 is 8.15 Å². The molecule has 0 aliphatic carbocycles. The van der Waals surface area contributed by atoms with Gasteiger partial charge in [0.1, 0.15) is 0 Å². The lowest BCUT2D eigenvalue weighted by atomic mass is 10.1. The smallest absolute Gasteiger partial charge is 0.231 e. The number of carbonyl (C=O) groups is 5. The average Bonchev–Trinajstić information content (AvgIpc) is 2.67. The van der Waals surface area contributed by atoms with Gasteiger partial charge < -0.3 is 30.7 Å². The first-order valence-corrected chi connectivity index (χ1v) is 11.8. The number of carbonyl (C=O) groups excluding carboxylic acids is 5. The van der Waals surface area contributed by atoms with E-state index in [1.54, 1.807) is 7.11 Å². The highest BCUT2D eigenvalue weighted by molar-refractivity contribution is 7.52. The van der Waals surface area contributed by atoms with Gasteiger partial charge in [0.15, 0.2) is 0 Å². The Morgan fingerprint density at radius 1 is 0.806 bits per heavy atom. The zero-order valence-electron chi connectivity index (χ0n) is 19.7. The minimum absolute atomic E-state index is 0.0266. The van der Waals surface area contributed by atoms with Crippen LogP contribution in [0.3, 0.4) is 0 Å². The van der Waals surface area contributed by atoms with Gasteiger partial charge in [-0.1, -0.05) is 6.92 Å². The standard InChI is InChI=1S/C10H20N3O4P.C9H18N2O2/c1-8(14)11-6-13(7-12-9(2)15)10(16)5-18(4)17-3;1-4-9(5-10-7(2)12)6-11-8(3)13/h5-7H2,1-4H3,(H,11,14)(H,12,15);9H,4-6H2,1-3H3,(H,10,12)(H,11,13). The lowest BCUT2D eigenvalue weighted by Crippen LogP contribution is -2.47. The third-order valence-corrected chi connectivity index (χ3v) is 5.26. The summed E-state index contributed by atoms with van der Waals surface area (Å²) in [5.41, 5.74) is 0. The monoisotopic (exact) mass is 463 g/mol. The van der Waals surface area contributed by atoms with E-state index in [0.29, 0.717) is 19.0 Å². The highest BCUT2D eigenvalue weighted by Gasteiger charge is 2.17. The second kappa shape index (κ2) is 18.5. The molecule has 4 N–H and O–H groups in total. The molecule has 0 spiro atoms. The second-order valence-corrected chi connectivity index (χ2v) is 8.77. The van der Waals surface area contributed by atoms with Crippen molar-refractivity contribution in [1.29, 1.82) is 0 Å². The molecular weight excluding hydrogens is 425 g/mol. The predicted molar refractivity (Wildman–Crippen MR) is 120 cm³/mol. The van der Waals surface area contributed by atoms with Gasteiger partial charge in [-0.25, -0.2) is 0 Å². The summed E-state index contributed by atoms with van der Waals surface area (Å²) in [4.78, 5) is 56.1. The largest absolute Gasteiger partial charge is 0.362 e. The molecule has 0 aromatic carbocycles. The number of hydrogen-bond acceptors (Lipinski definition) is 6. The SMILES string of the molecule is CCC(CNC(C)=O)CNC(C)=O.COP(C)CC(=O)N(CNC(C)=O)CNC(C)=O. The van der Waals surface area contributed by atoms with E-state index in [0.717, 1.165) is 6.42 Å². The Kier molecular flexibility index (Phi) is 18.5. The van der Waals surface area contributed by atoms with Gasteiger partial charge >= 0.3 is 0 Å². The molecular formula is C19H38N5O6P. The summed E-state index contributed by atoms with van der Waals surface area (Å²) in [7, 11) is 0.728. The Morgan fingerprint density at radius 3 is 1.48 bits per heavy atom. The van der Waals surface area contributed by atoms with Crippen molar-refractivity contribution in [2.45, 2.75) is 41.0 Å². The Bertz CT molecular complexity index is 554. The van der Waals surface area contributed by atoms with E-state index in [9.17, 15) is 24.0 Å². The highest BCUT2D eigenvalue weighted by Crippen LogP contribution is 2.30. The van der Waals surface area contributed by atoms with Crippen molar-refractivity contribution in [2.24, 2.45) is 5.92 Å². The van der Waals surface area contributed by atoms with Crippen LogP contribution in [-0.4, -0.2) is 80.8 Å². The summed E-state index contributed by atoms with van der Waals surface area (Å²) in [5.74, 6) is -0.370. The zero-order chi connectivity index (χ0) is 24.4. The van der Waals surface area contributed by atoms with Crippen LogP contribution in [-0.2, 0) is 28.5 Å². The van der Waals surface area contributed by atoms with Gasteiger partial charge in [-0.15, -0.1) is 0 Å². The van der Waals surface area contributed by atoms with Crippen molar-refractivity contribution >= 4 is 37.7 Å². The molecule has 0 saturated heterocycles. The summed E-state index contributed by atoms with van der Waals surface area (Å²) in [6, 6.07) is 0. The van der Waals surface area contributed by atoms with E-state index in [-0.39, 0.29) is 49.0 Å². The summed E-state index contributed by atoms with van der Waals surface area (Å²) >= 11 is 0. The fraction of sp³-hybridized carbons (Fsp3) is 0.737. The van der Waals surface area contributed by atoms with Crippen LogP contribution in [0.25, 0.3) is 0 Å². The first-order chi connectivity index (χ1) is 14.4. The molecule has 180 valence electrons. The zero-order valence-corrected chi connectivity index (χ0v) is 20.6. The second-order valence-electron chi connectivity index (χ2n) is 6.83. The molecule has 1 atom stereocenters. The van der Waals surface area contributed by atoms with Gasteiger partial charge in [0, 0.05) is 56.0 Å². The first kappa shape index (κ1) is 30.9. The third kappa shape index (κ3) is 20.8. The van der Waals surface area contributed by atoms with E-state index in [1.165, 1.54) is 32.6 Å². The van der Waals surface area contributed by atoms with Gasteiger partial charge in [0.25, 0.3) is 0 Å². The minimum Gasteiger partial charge on any atom is -0.362 e. The molecule has 11 nitrogen and oxygen atoms in total. The van der Waals surface area contributed by atoms with Gasteiger partial charge in [0.05, 0.1) is 19.5 Å². The molecule has 0 radical (unpaired) electrons. The van der Waals surface area contributed by atoms with E-state index >= 15 is 0 Å². The number of nitrogens with one attached hydrogen (secondary N) is 4. The molecule has 0 fully saturated rings. The van der Waals surface area contributed by atoms with Crippen molar-refractivity contribution in [3.8, 4) is 0 Å². The van der Waals surface area contributed by atoms with E-state index in [2.05, 4.69) is 21.3 Å². The van der Waals surface area contributed by atoms with Crippen molar-refractivity contribution in [2.75, 3.05) is 46.4 Å². The molecule has 0 saturated carbocycles. The van der Waals surface area contributed by atoms with Crippen LogP contribution in [0.1, 0.15) is 41.0 Å². The molecule has 0 aromatic rings. The Hall–Kier alpha value is -2.26. The molecule has 1 unspecified atom stereocenters. The van der Waals surface area contributed by atoms with Crippen LogP contribution < -0.4 is 21.3 Å². The van der Waals surface area contributed by atoms with Crippen molar-refractivity contribution < 1.29 is 28.5 Å². The van der Waals surface area contributed by atoms with Crippen molar-refractivity contribution in [1.82, 2.24) is 26.2 Å². The van der Waals surface area contributed by atoms with Crippen LogP contribution in [0.2, 0.25) is 0 Å². The molecule has 31 heavy (non-hydrogen) atoms. The maximum Gasteiger partial charge on any atom is 0.231 e. The van der Waals surface area contributed by atoms with Crippen LogP contribution in [0.5, 0.6) is 0 Å². The van der Waals surface area contributed by atoms with Crippen LogP contribution in [0, 0.1) is 5.92 Å². The van der Waals surface area contributed by atoms with E-state index in [1.807, 2.05) is 13.6 Å². The number of nitrogens with zero attached hydrogens (tertiary/aromatic N) is 1. The summed E-state index contributed by atoms with van der Waals surface area (Å²) in [6.45, 7) is 11.0. The Labute approximate surface area is 186 Å². The quantitative estimate of drug-likeness (QED) is 0.236. The van der Waals surface area contributed by atoms with Gasteiger partial charge in [-0.05, 0) is 19.0 Å². The summed E-state index contributed by atoms with van der Waals surface area (Å²) < 4.78 is 5.06. The Balaban J connectivity index is 0. The minimum atomic E-state index is -0.819. The van der Waals surface area contributed by atoms with Crippen LogP contribution in [0.15, 0.2) is 0 Å². The van der Waals surface area contributed by atoms with Crippen LogP contribution in [0.4, 0.5) is 0 Å². The maximum atomic E-state index is 11.9. The molecule has 0 aliphatic heterocycles. The third-order valence-electron chi connectivity index (χ3n) is 3.92. The molecule has 0 aromatic heterocycles. The molecule has 0 aliphatic rings. The fourth-order valence-electron chi connectivity index (χ4n) is 1.94. The summed E-state index contributed by atoms with van der Waals surface area (Å²) in [6.07, 6.45) is 1.20. The number of hydrogen-bond donors (Lipinski definition) is 4. The van der Waals surface area contributed by atoms with Crippen molar-refractivity contribution in [3.63, 3.8) is 0 Å². The van der Waals surface area contributed by atoms with Gasteiger partial charge in [-0.3, -0.25) is 24.0 Å². The summed E-state index contributed by atoms with van der Waals surface area (Å²) in [5, 5.41) is 10.5. The topological polar surface area (TPSA) is 146 Å². The molecule has 5 amide bonds. The predicted octanol–water partition coefficient (Wildman–Crippen LogP) is -0.0399. The van der Waals surface area contributed by atoms with Crippen molar-refractivity contribution in [3.05, 3.63) is 0 Å². The lowest BCUT2D eigenvalue weighted by Gasteiger charge is -2.24. The number of amides is 5. The highest BCUT2D eigenvalue weighted by atomic mass is 31.1. The Morgan fingerprint density at radius 2 is 1.19 bits per heavy atom. The molecule has 0 rings (SSSR count). The maximum absolute atomic E-state index is 11.9. The lowest BCUT2D eigenvalue weighted by molar-refractivity contribution is -0.131. The normalized spacial score (nSPS) is 10.8. The van der Waals surface area contributed by atoms with Gasteiger partial charge in [-0.2, -0.15) is 0 Å².